The average molecular weight is 336 g/mol. The zero-order valence-electron chi connectivity index (χ0n) is 14.8. The van der Waals surface area contributed by atoms with Crippen molar-refractivity contribution in [2.24, 2.45) is 5.41 Å². The van der Waals surface area contributed by atoms with Crippen LogP contribution in [0.25, 0.3) is 0 Å². The number of carbonyl (C=O) groups excluding carboxylic acids is 1. The molecule has 127 valence electrons. The van der Waals surface area contributed by atoms with E-state index >= 15 is 0 Å². The number of likely N-dealkylation sites (N-methyl/N-ethyl adjacent to an activating group) is 1. The third-order valence-corrected chi connectivity index (χ3v) is 4.75. The Bertz CT molecular complexity index is 584. The number of fused-ring (bicyclic) bond motifs is 1. The van der Waals surface area contributed by atoms with Crippen molar-refractivity contribution in [3.8, 4) is 5.75 Å². The van der Waals surface area contributed by atoms with E-state index in [0.717, 1.165) is 5.69 Å². The maximum atomic E-state index is 12.7. The molecule has 5 nitrogen and oxygen atoms in total. The van der Waals surface area contributed by atoms with Crippen molar-refractivity contribution in [2.75, 3.05) is 17.7 Å². The molecule has 1 aliphatic rings. The summed E-state index contributed by atoms with van der Waals surface area (Å²) in [7, 11) is 0.903. The second kappa shape index (κ2) is 6.53. The van der Waals surface area contributed by atoms with Gasteiger partial charge in [0.1, 0.15) is 5.75 Å². The first-order valence-electron chi connectivity index (χ1n) is 7.90. The number of hydrogen-bond donors (Lipinski definition) is 1. The monoisotopic (exact) mass is 335 g/mol. The SMILES string of the molecule is CN1C(=O)C(CC(O[Si](C)C)C(C)(C)C)Oc2ccc(N)cc21. The lowest BCUT2D eigenvalue weighted by Gasteiger charge is -2.38. The van der Waals surface area contributed by atoms with Crippen LogP contribution < -0.4 is 15.4 Å². The Balaban J connectivity index is 2.23. The Hall–Kier alpha value is -1.53. The van der Waals surface area contributed by atoms with Gasteiger partial charge in [-0.2, -0.15) is 0 Å². The van der Waals surface area contributed by atoms with Crippen LogP contribution in [-0.4, -0.2) is 34.2 Å². The van der Waals surface area contributed by atoms with Crippen LogP contribution in [0.3, 0.4) is 0 Å². The van der Waals surface area contributed by atoms with Crippen LogP contribution in [0.15, 0.2) is 18.2 Å². The molecule has 2 N–H and O–H groups in total. The maximum Gasteiger partial charge on any atom is 0.267 e. The van der Waals surface area contributed by atoms with Crippen LogP contribution in [0.1, 0.15) is 27.2 Å². The van der Waals surface area contributed by atoms with Crippen molar-refractivity contribution >= 4 is 26.3 Å². The second-order valence-corrected chi connectivity index (χ2v) is 9.40. The molecule has 0 spiro atoms. The van der Waals surface area contributed by atoms with Crippen LogP contribution in [0.2, 0.25) is 13.1 Å². The fraction of sp³-hybridized carbons (Fsp3) is 0.588. The number of rotatable bonds is 4. The molecule has 2 unspecified atom stereocenters. The molecule has 0 saturated heterocycles. The van der Waals surface area contributed by atoms with Crippen molar-refractivity contribution in [3.63, 3.8) is 0 Å². The highest BCUT2D eigenvalue weighted by Crippen LogP contribution is 2.37. The minimum Gasteiger partial charge on any atom is -0.478 e. The molecule has 2 rings (SSSR count). The van der Waals surface area contributed by atoms with Gasteiger partial charge in [0, 0.05) is 19.2 Å². The van der Waals surface area contributed by atoms with Crippen LogP contribution in [-0.2, 0) is 9.22 Å². The summed E-state index contributed by atoms with van der Waals surface area (Å²) in [6.07, 6.45) is -0.00226. The lowest BCUT2D eigenvalue weighted by molar-refractivity contribution is -0.128. The van der Waals surface area contributed by atoms with Gasteiger partial charge in [-0.15, -0.1) is 0 Å². The zero-order chi connectivity index (χ0) is 17.4. The molecular formula is C17H27N2O3Si. The van der Waals surface area contributed by atoms with E-state index in [1.165, 1.54) is 0 Å². The Morgan fingerprint density at radius 1 is 1.39 bits per heavy atom. The molecule has 0 aliphatic carbocycles. The van der Waals surface area contributed by atoms with E-state index in [2.05, 4.69) is 33.9 Å². The summed E-state index contributed by atoms with van der Waals surface area (Å²) in [5.41, 5.74) is 7.09. The Morgan fingerprint density at radius 2 is 2.04 bits per heavy atom. The highest BCUT2D eigenvalue weighted by atomic mass is 28.3. The van der Waals surface area contributed by atoms with Crippen LogP contribution in [0.4, 0.5) is 11.4 Å². The molecule has 0 aromatic heterocycles. The summed E-state index contributed by atoms with van der Waals surface area (Å²) in [4.78, 5) is 14.3. The second-order valence-electron chi connectivity index (χ2n) is 7.35. The highest BCUT2D eigenvalue weighted by Gasteiger charge is 2.37. The minimum atomic E-state index is -0.859. The Labute approximate surface area is 140 Å². The normalized spacial score (nSPS) is 19.5. The molecule has 1 aliphatic heterocycles. The van der Waals surface area contributed by atoms with E-state index < -0.39 is 15.1 Å². The molecule has 1 radical (unpaired) electrons. The first-order chi connectivity index (χ1) is 10.6. The fourth-order valence-electron chi connectivity index (χ4n) is 2.64. The van der Waals surface area contributed by atoms with Gasteiger partial charge in [0.2, 0.25) is 9.04 Å². The van der Waals surface area contributed by atoms with Crippen LogP contribution in [0.5, 0.6) is 5.75 Å². The maximum absolute atomic E-state index is 12.7. The van der Waals surface area contributed by atoms with E-state index in [1.807, 2.05) is 6.07 Å². The lowest BCUT2D eigenvalue weighted by atomic mass is 9.85. The van der Waals surface area contributed by atoms with Gasteiger partial charge in [-0.3, -0.25) is 4.79 Å². The summed E-state index contributed by atoms with van der Waals surface area (Å²) >= 11 is 0. The number of ether oxygens (including phenoxy) is 1. The quantitative estimate of drug-likeness (QED) is 0.678. The smallest absolute Gasteiger partial charge is 0.267 e. The van der Waals surface area contributed by atoms with Gasteiger partial charge >= 0.3 is 0 Å². The van der Waals surface area contributed by atoms with Crippen LogP contribution in [0, 0.1) is 5.41 Å². The summed E-state index contributed by atoms with van der Waals surface area (Å²) in [5, 5.41) is 0. The number of anilines is 2. The molecule has 6 heteroatoms. The molecule has 1 aromatic rings. The van der Waals surface area contributed by atoms with Crippen molar-refractivity contribution in [3.05, 3.63) is 18.2 Å². The topological polar surface area (TPSA) is 64.8 Å². The minimum absolute atomic E-state index is 0.0240. The molecular weight excluding hydrogens is 308 g/mol. The molecule has 2 atom stereocenters. The van der Waals surface area contributed by atoms with Gasteiger partial charge in [-0.05, 0) is 36.7 Å². The van der Waals surface area contributed by atoms with Gasteiger partial charge in [0.05, 0.1) is 11.8 Å². The van der Waals surface area contributed by atoms with Crippen molar-refractivity contribution in [1.29, 1.82) is 0 Å². The molecule has 0 saturated carbocycles. The fourth-order valence-corrected chi connectivity index (χ4v) is 3.66. The summed E-state index contributed by atoms with van der Waals surface area (Å²) in [6, 6.07) is 5.37. The van der Waals surface area contributed by atoms with E-state index in [-0.39, 0.29) is 17.4 Å². The third kappa shape index (κ3) is 4.06. The number of amides is 1. The lowest BCUT2D eigenvalue weighted by Crippen LogP contribution is -2.48. The van der Waals surface area contributed by atoms with E-state index in [0.29, 0.717) is 17.9 Å². The number of benzene rings is 1. The molecule has 1 heterocycles. The standard InChI is InChI=1S/C17H27N2O3Si/c1-17(2,3)15(22-23(5)6)10-14-16(20)19(4)12-9-11(18)7-8-13(12)21-14/h7-9,14-15H,10,18H2,1-6H3. The van der Waals surface area contributed by atoms with E-state index in [1.54, 1.807) is 24.1 Å². The molecule has 1 amide bonds. The highest BCUT2D eigenvalue weighted by molar-refractivity contribution is 6.48. The van der Waals surface area contributed by atoms with Gasteiger partial charge in [0.25, 0.3) is 5.91 Å². The molecule has 0 fully saturated rings. The van der Waals surface area contributed by atoms with Gasteiger partial charge in [0.15, 0.2) is 6.10 Å². The average Bonchev–Trinajstić information content (AvgIpc) is 2.43. The number of hydrogen-bond acceptors (Lipinski definition) is 4. The third-order valence-electron chi connectivity index (χ3n) is 3.99. The molecule has 23 heavy (non-hydrogen) atoms. The molecule has 0 bridgehead atoms. The largest absolute Gasteiger partial charge is 0.478 e. The van der Waals surface area contributed by atoms with Crippen LogP contribution >= 0.6 is 0 Å². The van der Waals surface area contributed by atoms with E-state index in [9.17, 15) is 4.79 Å². The molecule has 1 aromatic carbocycles. The van der Waals surface area contributed by atoms with Crippen molar-refractivity contribution in [1.82, 2.24) is 0 Å². The number of nitrogen functional groups attached to an aromatic ring is 1. The summed E-state index contributed by atoms with van der Waals surface area (Å²) in [6.45, 7) is 10.6. The zero-order valence-corrected chi connectivity index (χ0v) is 15.8. The Morgan fingerprint density at radius 3 is 2.61 bits per heavy atom. The predicted octanol–water partition coefficient (Wildman–Crippen LogP) is 3.07. The summed E-state index contributed by atoms with van der Waals surface area (Å²) in [5.74, 6) is 0.638. The van der Waals surface area contributed by atoms with Crippen molar-refractivity contribution < 1.29 is 14.0 Å². The van der Waals surface area contributed by atoms with Gasteiger partial charge in [-0.1, -0.05) is 20.8 Å². The summed E-state index contributed by atoms with van der Waals surface area (Å²) < 4.78 is 12.1. The first kappa shape index (κ1) is 17.8. The van der Waals surface area contributed by atoms with Crippen molar-refractivity contribution in [2.45, 2.75) is 52.5 Å². The number of carbonyl (C=O) groups is 1. The number of nitrogens with zero attached hydrogens (tertiary/aromatic N) is 1. The predicted molar refractivity (Wildman–Crippen MR) is 95.1 cm³/mol. The number of nitrogens with two attached hydrogens (primary N) is 1. The first-order valence-corrected chi connectivity index (χ1v) is 10.3. The van der Waals surface area contributed by atoms with E-state index in [4.69, 9.17) is 14.9 Å². The Kier molecular flexibility index (Phi) is 5.06. The van der Waals surface area contributed by atoms with Gasteiger partial charge < -0.3 is 19.8 Å². The van der Waals surface area contributed by atoms with Gasteiger partial charge in [-0.25, -0.2) is 0 Å².